The first-order chi connectivity index (χ1) is 14.8. The molecule has 1 aliphatic carbocycles. The van der Waals surface area contributed by atoms with E-state index < -0.39 is 17.7 Å². The van der Waals surface area contributed by atoms with Gasteiger partial charge in [-0.05, 0) is 43.1 Å². The molecule has 7 heteroatoms. The standard InChI is InChI=1S/C24H28N2O5/c1-4-5-10-25-16-12-18-17-11-15(22(29)14(2)3)6-7-19(17)26-23(18)24(13-16)30-20(27)8-9-21(28)31-24/h6-9,11,14,16,25-26H,4-5,10,12-13H2,1-3H3. The van der Waals surface area contributed by atoms with E-state index >= 15 is 0 Å². The Balaban J connectivity index is 1.83. The number of rotatable bonds is 6. The summed E-state index contributed by atoms with van der Waals surface area (Å²) in [6, 6.07) is 5.48. The fraction of sp³-hybridized carbons (Fsp3) is 0.458. The lowest BCUT2D eigenvalue weighted by molar-refractivity contribution is -0.234. The number of ether oxygens (including phenoxy) is 2. The summed E-state index contributed by atoms with van der Waals surface area (Å²) in [5, 5.41) is 4.39. The van der Waals surface area contributed by atoms with Crippen molar-refractivity contribution in [2.45, 2.75) is 58.3 Å². The van der Waals surface area contributed by atoms with Crippen molar-refractivity contribution in [1.29, 1.82) is 0 Å². The van der Waals surface area contributed by atoms with E-state index in [0.29, 0.717) is 24.1 Å². The van der Waals surface area contributed by atoms with E-state index in [1.165, 1.54) is 0 Å². The Morgan fingerprint density at radius 3 is 2.58 bits per heavy atom. The molecule has 2 N–H and O–H groups in total. The Morgan fingerprint density at radius 2 is 1.94 bits per heavy atom. The van der Waals surface area contributed by atoms with Crippen molar-refractivity contribution in [2.24, 2.45) is 5.92 Å². The van der Waals surface area contributed by atoms with Crippen LogP contribution in [0.1, 0.15) is 61.6 Å². The van der Waals surface area contributed by atoms with Crippen LogP contribution in [0.15, 0.2) is 30.4 Å². The number of ketones is 1. The van der Waals surface area contributed by atoms with E-state index in [1.54, 1.807) is 6.07 Å². The number of hydrogen-bond acceptors (Lipinski definition) is 6. The van der Waals surface area contributed by atoms with Gasteiger partial charge in [-0.15, -0.1) is 0 Å². The second kappa shape index (κ2) is 8.30. The number of carbonyl (C=O) groups is 3. The van der Waals surface area contributed by atoms with Crippen molar-refractivity contribution in [3.63, 3.8) is 0 Å². The first kappa shape index (κ1) is 21.3. The number of hydrogen-bond donors (Lipinski definition) is 2. The molecular weight excluding hydrogens is 396 g/mol. The van der Waals surface area contributed by atoms with E-state index in [-0.39, 0.29) is 17.7 Å². The van der Waals surface area contributed by atoms with Crippen molar-refractivity contribution < 1.29 is 23.9 Å². The average molecular weight is 424 g/mol. The van der Waals surface area contributed by atoms with Gasteiger partial charge >= 0.3 is 17.7 Å². The number of benzene rings is 1. The van der Waals surface area contributed by atoms with Gasteiger partial charge in [0.05, 0.1) is 0 Å². The molecule has 2 aromatic rings. The fourth-order valence-electron chi connectivity index (χ4n) is 4.38. The fourth-order valence-corrected chi connectivity index (χ4v) is 4.38. The van der Waals surface area contributed by atoms with E-state index in [2.05, 4.69) is 17.2 Å². The van der Waals surface area contributed by atoms with Gasteiger partial charge < -0.3 is 19.8 Å². The van der Waals surface area contributed by atoms with Crippen molar-refractivity contribution >= 4 is 28.6 Å². The Morgan fingerprint density at radius 1 is 1.23 bits per heavy atom. The van der Waals surface area contributed by atoms with Gasteiger partial charge in [0.25, 0.3) is 0 Å². The minimum Gasteiger partial charge on any atom is -0.413 e. The van der Waals surface area contributed by atoms with Crippen LogP contribution in [0, 0.1) is 5.92 Å². The quantitative estimate of drug-likeness (QED) is 0.418. The number of esters is 2. The molecule has 1 unspecified atom stereocenters. The molecule has 0 saturated heterocycles. The zero-order valence-corrected chi connectivity index (χ0v) is 18.1. The summed E-state index contributed by atoms with van der Waals surface area (Å²) in [6.07, 6.45) is 5.23. The van der Waals surface area contributed by atoms with Crippen LogP contribution >= 0.6 is 0 Å². The maximum Gasteiger partial charge on any atom is 0.334 e. The van der Waals surface area contributed by atoms with Gasteiger partial charge in [-0.1, -0.05) is 27.2 Å². The number of Topliss-reactive ketones (excluding diaryl/α,β-unsaturated/α-hetero) is 1. The van der Waals surface area contributed by atoms with Crippen LogP contribution in [0.4, 0.5) is 0 Å². The summed E-state index contributed by atoms with van der Waals surface area (Å²) in [4.78, 5) is 40.5. The summed E-state index contributed by atoms with van der Waals surface area (Å²) in [5.74, 6) is -2.83. The average Bonchev–Trinajstić information content (AvgIpc) is 3.03. The molecule has 1 spiro atoms. The van der Waals surface area contributed by atoms with E-state index in [4.69, 9.17) is 9.47 Å². The number of aromatic amines is 1. The third-order valence-corrected chi connectivity index (χ3v) is 5.91. The molecule has 1 atom stereocenters. The van der Waals surface area contributed by atoms with Crippen LogP contribution in [0.25, 0.3) is 10.9 Å². The molecule has 0 radical (unpaired) electrons. The summed E-state index contributed by atoms with van der Waals surface area (Å²) in [6.45, 7) is 6.68. The number of nitrogens with one attached hydrogen (secondary N) is 2. The minimum atomic E-state index is -1.53. The molecule has 2 heterocycles. The molecule has 0 amide bonds. The molecule has 0 bridgehead atoms. The lowest BCUT2D eigenvalue weighted by atomic mass is 9.86. The van der Waals surface area contributed by atoms with Gasteiger partial charge in [0.15, 0.2) is 5.78 Å². The Labute approximate surface area is 181 Å². The van der Waals surface area contributed by atoms with Gasteiger partial charge in [0.1, 0.15) is 5.69 Å². The lowest BCUT2D eigenvalue weighted by Gasteiger charge is -2.38. The summed E-state index contributed by atoms with van der Waals surface area (Å²) in [7, 11) is 0. The van der Waals surface area contributed by atoms with Crippen molar-refractivity contribution in [2.75, 3.05) is 6.54 Å². The summed E-state index contributed by atoms with van der Waals surface area (Å²) >= 11 is 0. The smallest absolute Gasteiger partial charge is 0.334 e. The van der Waals surface area contributed by atoms with E-state index in [0.717, 1.165) is 48.0 Å². The first-order valence-corrected chi connectivity index (χ1v) is 10.9. The Kier molecular flexibility index (Phi) is 5.71. The van der Waals surface area contributed by atoms with E-state index in [1.807, 2.05) is 26.0 Å². The molecule has 164 valence electrons. The second-order valence-electron chi connectivity index (χ2n) is 8.60. The highest BCUT2D eigenvalue weighted by Crippen LogP contribution is 2.43. The SMILES string of the molecule is CCCCNC1Cc2c([nH]c3ccc(C(=O)C(C)C)cc23)C2(C1)OC(=O)C=CC(=O)O2. The van der Waals surface area contributed by atoms with Crippen LogP contribution in [0.2, 0.25) is 0 Å². The van der Waals surface area contributed by atoms with Crippen molar-refractivity contribution in [3.8, 4) is 0 Å². The largest absolute Gasteiger partial charge is 0.413 e. The third-order valence-electron chi connectivity index (χ3n) is 5.91. The molecule has 0 saturated carbocycles. The minimum absolute atomic E-state index is 0.0544. The third kappa shape index (κ3) is 4.02. The number of carbonyl (C=O) groups excluding carboxylic acids is 3. The molecule has 31 heavy (non-hydrogen) atoms. The lowest BCUT2D eigenvalue weighted by Crippen LogP contribution is -2.48. The monoisotopic (exact) mass is 424 g/mol. The first-order valence-electron chi connectivity index (χ1n) is 10.9. The maximum atomic E-state index is 12.6. The molecule has 7 nitrogen and oxygen atoms in total. The molecule has 2 aliphatic rings. The van der Waals surface area contributed by atoms with Crippen LogP contribution in [0.3, 0.4) is 0 Å². The maximum absolute atomic E-state index is 12.6. The van der Waals surface area contributed by atoms with Crippen LogP contribution in [-0.4, -0.2) is 35.3 Å². The van der Waals surface area contributed by atoms with Gasteiger partial charge in [0.2, 0.25) is 0 Å². The topological polar surface area (TPSA) is 97.5 Å². The zero-order chi connectivity index (χ0) is 22.2. The number of aromatic nitrogens is 1. The molecule has 4 rings (SSSR count). The van der Waals surface area contributed by atoms with Gasteiger partial charge in [-0.25, -0.2) is 9.59 Å². The number of fused-ring (bicyclic) bond motifs is 4. The zero-order valence-electron chi connectivity index (χ0n) is 18.1. The Bertz CT molecular complexity index is 1050. The molecular formula is C24H28N2O5. The summed E-state index contributed by atoms with van der Waals surface area (Å²) in [5.41, 5.74) is 2.91. The highest BCUT2D eigenvalue weighted by Gasteiger charge is 2.50. The van der Waals surface area contributed by atoms with Crippen LogP contribution in [-0.2, 0) is 31.3 Å². The van der Waals surface area contributed by atoms with Crippen molar-refractivity contribution in [1.82, 2.24) is 10.3 Å². The normalized spacial score (nSPS) is 19.9. The van der Waals surface area contributed by atoms with Gasteiger partial charge in [-0.3, -0.25) is 4.79 Å². The number of H-pyrrole nitrogens is 1. The molecule has 1 aromatic heterocycles. The van der Waals surface area contributed by atoms with Crippen molar-refractivity contribution in [3.05, 3.63) is 47.2 Å². The number of unbranched alkanes of at least 4 members (excludes halogenated alkanes) is 1. The van der Waals surface area contributed by atoms with Gasteiger partial charge in [-0.2, -0.15) is 0 Å². The molecule has 1 aliphatic heterocycles. The second-order valence-corrected chi connectivity index (χ2v) is 8.60. The van der Waals surface area contributed by atoms with Crippen LogP contribution in [0.5, 0.6) is 0 Å². The molecule has 1 aromatic carbocycles. The predicted octanol–water partition coefficient (Wildman–Crippen LogP) is 3.52. The Hall–Kier alpha value is -2.93. The molecule has 0 fully saturated rings. The van der Waals surface area contributed by atoms with E-state index in [9.17, 15) is 14.4 Å². The summed E-state index contributed by atoms with van der Waals surface area (Å²) < 4.78 is 11.4. The highest BCUT2D eigenvalue weighted by molar-refractivity contribution is 6.01. The van der Waals surface area contributed by atoms with Gasteiger partial charge in [0, 0.05) is 47.0 Å². The van der Waals surface area contributed by atoms with Crippen LogP contribution < -0.4 is 5.32 Å². The predicted molar refractivity (Wildman–Crippen MR) is 115 cm³/mol. The highest BCUT2D eigenvalue weighted by atomic mass is 16.7.